The Labute approximate surface area is 116 Å². The first-order chi connectivity index (χ1) is 9.20. The fraction of sp³-hybridized carbons (Fsp3) is 0.625. The number of rotatable bonds is 5. The minimum absolute atomic E-state index is 0.188. The van der Waals surface area contributed by atoms with Crippen LogP contribution in [0.15, 0.2) is 18.2 Å². The SMILES string of the molecule is CCC(O)CCNC1CCCOc2ccc(C)cc21. The maximum atomic E-state index is 9.62. The molecule has 1 heterocycles. The van der Waals surface area contributed by atoms with Crippen molar-refractivity contribution in [2.75, 3.05) is 13.2 Å². The molecule has 0 fully saturated rings. The first kappa shape index (κ1) is 14.4. The van der Waals surface area contributed by atoms with Crippen LogP contribution in [0.25, 0.3) is 0 Å². The summed E-state index contributed by atoms with van der Waals surface area (Å²) in [6.45, 7) is 5.78. The lowest BCUT2D eigenvalue weighted by Gasteiger charge is -2.19. The van der Waals surface area contributed by atoms with Crippen molar-refractivity contribution in [3.05, 3.63) is 29.3 Å². The van der Waals surface area contributed by atoms with Gasteiger partial charge >= 0.3 is 0 Å². The van der Waals surface area contributed by atoms with Gasteiger partial charge in [0.25, 0.3) is 0 Å². The lowest BCUT2D eigenvalue weighted by molar-refractivity contribution is 0.158. The fourth-order valence-electron chi connectivity index (χ4n) is 2.54. The minimum Gasteiger partial charge on any atom is -0.493 e. The van der Waals surface area contributed by atoms with Gasteiger partial charge in [0.1, 0.15) is 5.75 Å². The molecule has 1 aliphatic heterocycles. The second-order valence-electron chi connectivity index (χ2n) is 5.39. The van der Waals surface area contributed by atoms with Crippen molar-refractivity contribution in [2.24, 2.45) is 0 Å². The molecule has 0 aliphatic carbocycles. The highest BCUT2D eigenvalue weighted by Gasteiger charge is 2.19. The predicted octanol–water partition coefficient (Wildman–Crippen LogP) is 2.96. The predicted molar refractivity (Wildman–Crippen MR) is 77.6 cm³/mol. The van der Waals surface area contributed by atoms with Gasteiger partial charge in [-0.25, -0.2) is 0 Å². The van der Waals surface area contributed by atoms with E-state index in [2.05, 4.69) is 30.4 Å². The molecule has 0 saturated heterocycles. The van der Waals surface area contributed by atoms with Gasteiger partial charge in [-0.2, -0.15) is 0 Å². The zero-order valence-electron chi connectivity index (χ0n) is 12.0. The highest BCUT2D eigenvalue weighted by atomic mass is 16.5. The molecular formula is C16H25NO2. The number of aryl methyl sites for hydroxylation is 1. The zero-order valence-corrected chi connectivity index (χ0v) is 12.0. The Morgan fingerprint density at radius 1 is 1.47 bits per heavy atom. The first-order valence-electron chi connectivity index (χ1n) is 7.35. The number of fused-ring (bicyclic) bond motifs is 1. The molecule has 2 N–H and O–H groups in total. The van der Waals surface area contributed by atoms with Crippen molar-refractivity contribution in [2.45, 2.75) is 51.7 Å². The van der Waals surface area contributed by atoms with Gasteiger partial charge in [0.15, 0.2) is 0 Å². The molecule has 0 saturated carbocycles. The molecule has 2 atom stereocenters. The minimum atomic E-state index is -0.188. The van der Waals surface area contributed by atoms with Crippen molar-refractivity contribution in [1.82, 2.24) is 5.32 Å². The zero-order chi connectivity index (χ0) is 13.7. The molecular weight excluding hydrogens is 238 g/mol. The molecule has 0 spiro atoms. The Kier molecular flexibility index (Phi) is 5.23. The van der Waals surface area contributed by atoms with Crippen LogP contribution in [0.3, 0.4) is 0 Å². The van der Waals surface area contributed by atoms with E-state index in [1.165, 1.54) is 11.1 Å². The third-order valence-electron chi connectivity index (χ3n) is 3.77. The van der Waals surface area contributed by atoms with E-state index in [0.29, 0.717) is 6.04 Å². The van der Waals surface area contributed by atoms with Gasteiger partial charge in [0, 0.05) is 11.6 Å². The Morgan fingerprint density at radius 2 is 2.32 bits per heavy atom. The summed E-state index contributed by atoms with van der Waals surface area (Å²) in [5.41, 5.74) is 2.54. The van der Waals surface area contributed by atoms with Crippen LogP contribution in [-0.2, 0) is 0 Å². The molecule has 0 amide bonds. The molecule has 1 aliphatic rings. The second-order valence-corrected chi connectivity index (χ2v) is 5.39. The van der Waals surface area contributed by atoms with Crippen molar-refractivity contribution in [1.29, 1.82) is 0 Å². The topological polar surface area (TPSA) is 41.5 Å². The molecule has 0 bridgehead atoms. The number of nitrogens with one attached hydrogen (secondary N) is 1. The highest BCUT2D eigenvalue weighted by molar-refractivity contribution is 5.39. The number of aliphatic hydroxyl groups excluding tert-OH is 1. The maximum absolute atomic E-state index is 9.62. The summed E-state index contributed by atoms with van der Waals surface area (Å²) in [6, 6.07) is 6.74. The molecule has 3 nitrogen and oxygen atoms in total. The van der Waals surface area contributed by atoms with E-state index >= 15 is 0 Å². The van der Waals surface area contributed by atoms with Crippen LogP contribution in [-0.4, -0.2) is 24.4 Å². The number of hydrogen-bond acceptors (Lipinski definition) is 3. The second kappa shape index (κ2) is 6.92. The van der Waals surface area contributed by atoms with Crippen LogP contribution in [0.5, 0.6) is 5.75 Å². The van der Waals surface area contributed by atoms with Gasteiger partial charge in [-0.1, -0.05) is 24.6 Å². The summed E-state index contributed by atoms with van der Waals surface area (Å²) in [5, 5.41) is 13.2. The Bertz CT molecular complexity index is 406. The first-order valence-corrected chi connectivity index (χ1v) is 7.35. The van der Waals surface area contributed by atoms with E-state index in [1.54, 1.807) is 0 Å². The molecule has 2 unspecified atom stereocenters. The third-order valence-corrected chi connectivity index (χ3v) is 3.77. The van der Waals surface area contributed by atoms with E-state index in [-0.39, 0.29) is 6.10 Å². The van der Waals surface area contributed by atoms with E-state index in [1.807, 2.05) is 6.92 Å². The Hall–Kier alpha value is -1.06. The van der Waals surface area contributed by atoms with E-state index < -0.39 is 0 Å². The highest BCUT2D eigenvalue weighted by Crippen LogP contribution is 2.32. The van der Waals surface area contributed by atoms with Gasteiger partial charge in [0.2, 0.25) is 0 Å². The van der Waals surface area contributed by atoms with Gasteiger partial charge in [0.05, 0.1) is 12.7 Å². The monoisotopic (exact) mass is 263 g/mol. The normalized spacial score (nSPS) is 20.3. The van der Waals surface area contributed by atoms with Gasteiger partial charge < -0.3 is 15.2 Å². The van der Waals surface area contributed by atoms with Gasteiger partial charge in [-0.15, -0.1) is 0 Å². The average molecular weight is 263 g/mol. The summed E-state index contributed by atoms with van der Waals surface area (Å²) in [4.78, 5) is 0. The largest absolute Gasteiger partial charge is 0.493 e. The summed E-state index contributed by atoms with van der Waals surface area (Å²) in [6.07, 6.45) is 3.62. The van der Waals surface area contributed by atoms with Crippen molar-refractivity contribution >= 4 is 0 Å². The number of benzene rings is 1. The molecule has 1 aromatic carbocycles. The molecule has 1 aromatic rings. The maximum Gasteiger partial charge on any atom is 0.124 e. The molecule has 2 rings (SSSR count). The summed E-state index contributed by atoms with van der Waals surface area (Å²) >= 11 is 0. The van der Waals surface area contributed by atoms with Crippen molar-refractivity contribution < 1.29 is 9.84 Å². The fourth-order valence-corrected chi connectivity index (χ4v) is 2.54. The third kappa shape index (κ3) is 3.95. The van der Waals surface area contributed by atoms with Crippen LogP contribution < -0.4 is 10.1 Å². The summed E-state index contributed by atoms with van der Waals surface area (Å²) in [7, 11) is 0. The smallest absolute Gasteiger partial charge is 0.124 e. The number of aliphatic hydroxyl groups is 1. The van der Waals surface area contributed by atoms with Gasteiger partial charge in [-0.05, 0) is 45.2 Å². The lowest BCUT2D eigenvalue weighted by Crippen LogP contribution is -2.25. The summed E-state index contributed by atoms with van der Waals surface area (Å²) < 4.78 is 5.79. The quantitative estimate of drug-likeness (QED) is 0.858. The van der Waals surface area contributed by atoms with Crippen molar-refractivity contribution in [3.8, 4) is 5.75 Å². The van der Waals surface area contributed by atoms with E-state index in [0.717, 1.165) is 44.6 Å². The van der Waals surface area contributed by atoms with E-state index in [9.17, 15) is 5.11 Å². The molecule has 0 aromatic heterocycles. The summed E-state index contributed by atoms with van der Waals surface area (Å²) in [5.74, 6) is 1.01. The molecule has 19 heavy (non-hydrogen) atoms. The molecule has 106 valence electrons. The Balaban J connectivity index is 2.02. The van der Waals surface area contributed by atoms with Crippen LogP contribution in [0, 0.1) is 6.92 Å². The molecule has 3 heteroatoms. The van der Waals surface area contributed by atoms with Crippen LogP contribution in [0.4, 0.5) is 0 Å². The van der Waals surface area contributed by atoms with Gasteiger partial charge in [-0.3, -0.25) is 0 Å². The van der Waals surface area contributed by atoms with Crippen LogP contribution in [0.2, 0.25) is 0 Å². The molecule has 0 radical (unpaired) electrons. The van der Waals surface area contributed by atoms with E-state index in [4.69, 9.17) is 4.74 Å². The number of ether oxygens (including phenoxy) is 1. The average Bonchev–Trinajstić information content (AvgIpc) is 2.61. The lowest BCUT2D eigenvalue weighted by atomic mass is 10.00. The Morgan fingerprint density at radius 3 is 3.11 bits per heavy atom. The van der Waals surface area contributed by atoms with Crippen molar-refractivity contribution in [3.63, 3.8) is 0 Å². The number of hydrogen-bond donors (Lipinski definition) is 2. The van der Waals surface area contributed by atoms with Crippen LogP contribution >= 0.6 is 0 Å². The standard InChI is InChI=1S/C16H25NO2/c1-3-13(18)8-9-17-15-5-4-10-19-16-7-6-12(2)11-14(15)16/h6-7,11,13,15,17-18H,3-5,8-10H2,1-2H3. The van der Waals surface area contributed by atoms with Crippen LogP contribution in [0.1, 0.15) is 49.8 Å².